The molecule has 0 aliphatic rings. The van der Waals surface area contributed by atoms with Crippen molar-refractivity contribution in [2.45, 2.75) is 0 Å². The maximum absolute atomic E-state index is 6.47. The van der Waals surface area contributed by atoms with Crippen LogP contribution in [0.3, 0.4) is 0 Å². The standard InChI is InChI=1S/C60H37NO2/c1-2-13-41-37-59-55(34-40(41)12-1)54-36-43(28-33-58(54)62-59)47-16-7-9-22-56(47)61(44-29-24-38(25-30-44)48-20-11-21-52-51-19-8-10-23-57(51)63-60(48)52)45-31-26-39(27-32-45)53-35-42-14-3-4-15-46(42)49-17-5-6-18-50(49)53/h1-37H. The van der Waals surface area contributed by atoms with Gasteiger partial charge in [0.2, 0.25) is 0 Å². The summed E-state index contributed by atoms with van der Waals surface area (Å²) in [6, 6.07) is 80.6. The van der Waals surface area contributed by atoms with Gasteiger partial charge in [0.1, 0.15) is 22.3 Å². The first-order valence-electron chi connectivity index (χ1n) is 21.5. The van der Waals surface area contributed by atoms with E-state index in [1.807, 2.05) is 12.1 Å². The minimum absolute atomic E-state index is 0.880. The smallest absolute Gasteiger partial charge is 0.143 e. The Morgan fingerprint density at radius 3 is 1.62 bits per heavy atom. The fraction of sp³-hybridized carbons (Fsp3) is 0. The van der Waals surface area contributed by atoms with Crippen molar-refractivity contribution in [1.82, 2.24) is 0 Å². The molecule has 0 saturated heterocycles. The number of benzene rings is 11. The zero-order chi connectivity index (χ0) is 41.4. The number of anilines is 3. The van der Waals surface area contributed by atoms with Gasteiger partial charge in [0.15, 0.2) is 0 Å². The molecule has 0 N–H and O–H groups in total. The molecule has 0 radical (unpaired) electrons. The summed E-state index contributed by atoms with van der Waals surface area (Å²) in [4.78, 5) is 2.38. The van der Waals surface area contributed by atoms with Crippen molar-refractivity contribution in [2.24, 2.45) is 0 Å². The second kappa shape index (κ2) is 14.1. The number of hydrogen-bond donors (Lipinski definition) is 0. The van der Waals surface area contributed by atoms with Crippen molar-refractivity contribution in [1.29, 1.82) is 0 Å². The van der Waals surface area contributed by atoms with Gasteiger partial charge in [-0.2, -0.15) is 0 Å². The van der Waals surface area contributed by atoms with Crippen LogP contribution in [0.4, 0.5) is 17.1 Å². The molecule has 13 rings (SSSR count). The second-order valence-corrected chi connectivity index (χ2v) is 16.4. The van der Waals surface area contributed by atoms with E-state index < -0.39 is 0 Å². The highest BCUT2D eigenvalue weighted by Gasteiger charge is 2.20. The molecule has 0 saturated carbocycles. The largest absolute Gasteiger partial charge is 0.456 e. The molecular weight excluding hydrogens is 767 g/mol. The molecule has 2 aromatic heterocycles. The quantitative estimate of drug-likeness (QED) is 0.157. The number of furan rings is 2. The molecule has 0 amide bonds. The van der Waals surface area contributed by atoms with Crippen LogP contribution in [0.25, 0.3) is 110 Å². The molecular formula is C60H37NO2. The number of hydrogen-bond acceptors (Lipinski definition) is 3. The van der Waals surface area contributed by atoms with Crippen LogP contribution in [0.1, 0.15) is 0 Å². The van der Waals surface area contributed by atoms with Crippen LogP contribution in [-0.4, -0.2) is 0 Å². The SMILES string of the molecule is c1ccc(N(c2ccc(-c3cc4ccccc4c4ccccc34)cc2)c2ccc(-c3cccc4c3oc3ccccc34)cc2)c(-c2ccc3oc4cc5ccccc5cc4c3c2)c1. The fourth-order valence-corrected chi connectivity index (χ4v) is 9.82. The van der Waals surface area contributed by atoms with Crippen molar-refractivity contribution in [3.8, 4) is 33.4 Å². The Bertz CT molecular complexity index is 3910. The van der Waals surface area contributed by atoms with Gasteiger partial charge in [0, 0.05) is 44.0 Å². The molecule has 0 unspecified atom stereocenters. The van der Waals surface area contributed by atoms with Crippen LogP contribution in [0, 0.1) is 0 Å². The first kappa shape index (κ1) is 35.4. The van der Waals surface area contributed by atoms with Crippen LogP contribution >= 0.6 is 0 Å². The molecule has 0 atom stereocenters. The van der Waals surface area contributed by atoms with Gasteiger partial charge in [-0.25, -0.2) is 0 Å². The van der Waals surface area contributed by atoms with E-state index in [9.17, 15) is 0 Å². The monoisotopic (exact) mass is 803 g/mol. The Morgan fingerprint density at radius 1 is 0.270 bits per heavy atom. The summed E-state index contributed by atoms with van der Waals surface area (Å²) < 4.78 is 12.9. The van der Waals surface area contributed by atoms with E-state index in [1.54, 1.807) is 0 Å². The van der Waals surface area contributed by atoms with Crippen molar-refractivity contribution < 1.29 is 8.83 Å². The highest BCUT2D eigenvalue weighted by atomic mass is 16.3. The summed E-state index contributed by atoms with van der Waals surface area (Å²) in [6.45, 7) is 0. The Balaban J connectivity index is 0.967. The van der Waals surface area contributed by atoms with Gasteiger partial charge in [-0.15, -0.1) is 0 Å². The number of para-hydroxylation sites is 3. The van der Waals surface area contributed by atoms with E-state index in [0.29, 0.717) is 0 Å². The lowest BCUT2D eigenvalue weighted by molar-refractivity contribution is 0.669. The first-order valence-corrected chi connectivity index (χ1v) is 21.5. The zero-order valence-electron chi connectivity index (χ0n) is 34.1. The van der Waals surface area contributed by atoms with Gasteiger partial charge in [0.25, 0.3) is 0 Å². The maximum atomic E-state index is 6.47. The molecule has 0 spiro atoms. The highest BCUT2D eigenvalue weighted by molar-refractivity contribution is 6.14. The summed E-state index contributed by atoms with van der Waals surface area (Å²) in [7, 11) is 0. The van der Waals surface area contributed by atoms with E-state index in [2.05, 4.69) is 217 Å². The molecule has 3 heteroatoms. The summed E-state index contributed by atoms with van der Waals surface area (Å²) in [5, 5.41) is 11.9. The van der Waals surface area contributed by atoms with E-state index in [-0.39, 0.29) is 0 Å². The predicted octanol–water partition coefficient (Wildman–Crippen LogP) is 17.4. The molecule has 0 aliphatic heterocycles. The van der Waals surface area contributed by atoms with Crippen LogP contribution in [0.5, 0.6) is 0 Å². The Kier molecular flexibility index (Phi) is 7.91. The van der Waals surface area contributed by atoms with Crippen LogP contribution < -0.4 is 4.90 Å². The number of rotatable bonds is 6. The molecule has 294 valence electrons. The lowest BCUT2D eigenvalue weighted by atomic mass is 9.93. The lowest BCUT2D eigenvalue weighted by Crippen LogP contribution is -2.11. The number of nitrogens with zero attached hydrogens (tertiary/aromatic N) is 1. The zero-order valence-corrected chi connectivity index (χ0v) is 34.1. The fourth-order valence-electron chi connectivity index (χ4n) is 9.82. The van der Waals surface area contributed by atoms with Gasteiger partial charge in [-0.3, -0.25) is 0 Å². The predicted molar refractivity (Wildman–Crippen MR) is 265 cm³/mol. The molecule has 0 aliphatic carbocycles. The topological polar surface area (TPSA) is 29.5 Å². The second-order valence-electron chi connectivity index (χ2n) is 16.4. The molecule has 11 aromatic carbocycles. The van der Waals surface area contributed by atoms with Gasteiger partial charge in [0.05, 0.1) is 5.69 Å². The minimum atomic E-state index is 0.880. The van der Waals surface area contributed by atoms with Crippen LogP contribution in [-0.2, 0) is 0 Å². The van der Waals surface area contributed by atoms with E-state index in [4.69, 9.17) is 8.83 Å². The molecule has 0 fully saturated rings. The summed E-state index contributed by atoms with van der Waals surface area (Å²) in [5.41, 5.74) is 13.6. The van der Waals surface area contributed by atoms with Crippen LogP contribution in [0.15, 0.2) is 233 Å². The summed E-state index contributed by atoms with van der Waals surface area (Å²) in [6.07, 6.45) is 0. The average Bonchev–Trinajstić information content (AvgIpc) is 3.91. The van der Waals surface area contributed by atoms with Crippen molar-refractivity contribution in [2.75, 3.05) is 4.90 Å². The van der Waals surface area contributed by atoms with Gasteiger partial charge < -0.3 is 13.7 Å². The Hall–Kier alpha value is -8.40. The molecule has 0 bridgehead atoms. The Labute approximate surface area is 363 Å². The third-order valence-corrected chi connectivity index (χ3v) is 12.8. The van der Waals surface area contributed by atoms with Crippen molar-refractivity contribution >= 4 is 93.3 Å². The molecule has 63 heavy (non-hydrogen) atoms. The van der Waals surface area contributed by atoms with Gasteiger partial charge in [-0.1, -0.05) is 158 Å². The normalized spacial score (nSPS) is 11.8. The Morgan fingerprint density at radius 2 is 0.825 bits per heavy atom. The highest BCUT2D eigenvalue weighted by Crippen LogP contribution is 2.45. The third kappa shape index (κ3) is 5.75. The lowest BCUT2D eigenvalue weighted by Gasteiger charge is -2.28. The number of fused-ring (bicyclic) bond motifs is 10. The first-order chi connectivity index (χ1) is 31.2. The van der Waals surface area contributed by atoms with E-state index in [0.717, 1.165) is 83.2 Å². The molecule has 13 aromatic rings. The van der Waals surface area contributed by atoms with Gasteiger partial charge >= 0.3 is 0 Å². The van der Waals surface area contributed by atoms with Crippen LogP contribution in [0.2, 0.25) is 0 Å². The maximum Gasteiger partial charge on any atom is 0.143 e. The third-order valence-electron chi connectivity index (χ3n) is 12.8. The minimum Gasteiger partial charge on any atom is -0.456 e. The van der Waals surface area contributed by atoms with Gasteiger partial charge in [-0.05, 0) is 121 Å². The summed E-state index contributed by atoms with van der Waals surface area (Å²) in [5.74, 6) is 0. The van der Waals surface area contributed by atoms with Crippen molar-refractivity contribution in [3.63, 3.8) is 0 Å². The average molecular weight is 804 g/mol. The van der Waals surface area contributed by atoms with Crippen molar-refractivity contribution in [3.05, 3.63) is 224 Å². The molecule has 3 nitrogen and oxygen atoms in total. The van der Waals surface area contributed by atoms with E-state index >= 15 is 0 Å². The molecule has 2 heterocycles. The van der Waals surface area contributed by atoms with E-state index in [1.165, 1.54) is 43.4 Å². The summed E-state index contributed by atoms with van der Waals surface area (Å²) >= 11 is 0.